The molecule has 0 aliphatic heterocycles. The van der Waals surface area contributed by atoms with Gasteiger partial charge in [0.05, 0.1) is 25.4 Å². The van der Waals surface area contributed by atoms with Crippen LogP contribution in [0.1, 0.15) is 290 Å². The lowest BCUT2D eigenvalue weighted by Gasteiger charge is -2.22. The molecule has 57 heavy (non-hydrogen) atoms. The summed E-state index contributed by atoms with van der Waals surface area (Å²) in [5.74, 6) is -0.0278. The highest BCUT2D eigenvalue weighted by Gasteiger charge is 2.20. The second-order valence-corrected chi connectivity index (χ2v) is 17.9. The summed E-state index contributed by atoms with van der Waals surface area (Å²) in [6.45, 7) is 4.93. The Balaban J connectivity index is 3.35. The average molecular weight is 808 g/mol. The third kappa shape index (κ3) is 44.2. The molecule has 3 N–H and O–H groups in total. The van der Waals surface area contributed by atoms with Crippen molar-refractivity contribution >= 4 is 11.9 Å². The van der Waals surface area contributed by atoms with E-state index in [1.165, 1.54) is 218 Å². The summed E-state index contributed by atoms with van der Waals surface area (Å²) in [6.07, 6.45) is 52.3. The SMILES string of the molecule is CCCCCCCCCCCCCC(=O)OCCCCCCCCCCCCCCCCCCCCCCC(=O)NC(CO)C(O)CCCCCCCCCCC. The van der Waals surface area contributed by atoms with Gasteiger partial charge in [-0.3, -0.25) is 9.59 Å². The molecule has 0 heterocycles. The monoisotopic (exact) mass is 808 g/mol. The van der Waals surface area contributed by atoms with Crippen LogP contribution in [-0.2, 0) is 14.3 Å². The predicted octanol–water partition coefficient (Wildman–Crippen LogP) is 15.2. The van der Waals surface area contributed by atoms with Gasteiger partial charge in [0.1, 0.15) is 0 Å². The Kier molecular flexibility index (Phi) is 46.6. The molecule has 2 atom stereocenters. The first-order chi connectivity index (χ1) is 28.0. The number of aliphatic hydroxyl groups excluding tert-OH is 2. The van der Waals surface area contributed by atoms with Gasteiger partial charge in [0.25, 0.3) is 0 Å². The molecule has 1 amide bonds. The molecule has 0 bridgehead atoms. The minimum Gasteiger partial charge on any atom is -0.466 e. The van der Waals surface area contributed by atoms with Crippen LogP contribution in [0.25, 0.3) is 0 Å². The summed E-state index contributed by atoms with van der Waals surface area (Å²) >= 11 is 0. The summed E-state index contributed by atoms with van der Waals surface area (Å²) < 4.78 is 5.46. The highest BCUT2D eigenvalue weighted by molar-refractivity contribution is 5.76. The van der Waals surface area contributed by atoms with Crippen LogP contribution >= 0.6 is 0 Å². The van der Waals surface area contributed by atoms with E-state index in [1.807, 2.05) is 0 Å². The van der Waals surface area contributed by atoms with E-state index in [4.69, 9.17) is 4.74 Å². The number of hydrogen-bond donors (Lipinski definition) is 3. The maximum atomic E-state index is 12.4. The molecule has 0 aromatic rings. The normalized spacial score (nSPS) is 12.6. The van der Waals surface area contributed by atoms with Gasteiger partial charge in [0, 0.05) is 12.8 Å². The van der Waals surface area contributed by atoms with Crippen LogP contribution in [0.2, 0.25) is 0 Å². The molecule has 0 saturated carbocycles. The maximum Gasteiger partial charge on any atom is 0.305 e. The van der Waals surface area contributed by atoms with Crippen LogP contribution in [-0.4, -0.2) is 47.4 Å². The topological polar surface area (TPSA) is 95.9 Å². The molecule has 0 aliphatic carbocycles. The molecule has 0 aliphatic rings. The third-order valence-electron chi connectivity index (χ3n) is 12.2. The number of aliphatic hydroxyl groups is 2. The summed E-state index contributed by atoms with van der Waals surface area (Å²) in [5.41, 5.74) is 0. The molecule has 340 valence electrons. The fourth-order valence-electron chi connectivity index (χ4n) is 8.17. The second kappa shape index (κ2) is 47.5. The lowest BCUT2D eigenvalue weighted by Crippen LogP contribution is -2.45. The summed E-state index contributed by atoms with van der Waals surface area (Å²) in [4.78, 5) is 24.4. The number of carbonyl (C=O) groups is 2. The van der Waals surface area contributed by atoms with E-state index in [0.29, 0.717) is 25.9 Å². The van der Waals surface area contributed by atoms with Gasteiger partial charge in [0.2, 0.25) is 5.91 Å². The number of rotatable bonds is 48. The van der Waals surface area contributed by atoms with Gasteiger partial charge in [0.15, 0.2) is 0 Å². The number of ether oxygens (including phenoxy) is 1. The largest absolute Gasteiger partial charge is 0.466 e. The van der Waals surface area contributed by atoms with Crippen molar-refractivity contribution in [2.24, 2.45) is 0 Å². The molecule has 0 spiro atoms. The molecular weight excluding hydrogens is 707 g/mol. The van der Waals surface area contributed by atoms with Crippen molar-refractivity contribution in [2.45, 2.75) is 302 Å². The molecule has 6 nitrogen and oxygen atoms in total. The third-order valence-corrected chi connectivity index (χ3v) is 12.2. The fraction of sp³-hybridized carbons (Fsp3) is 0.961. The van der Waals surface area contributed by atoms with Crippen molar-refractivity contribution in [1.29, 1.82) is 0 Å². The molecule has 6 heteroatoms. The summed E-state index contributed by atoms with van der Waals surface area (Å²) in [6, 6.07) is -0.539. The van der Waals surface area contributed by atoms with Gasteiger partial charge in [-0.1, -0.05) is 251 Å². The van der Waals surface area contributed by atoms with Gasteiger partial charge >= 0.3 is 5.97 Å². The Hall–Kier alpha value is -1.14. The van der Waals surface area contributed by atoms with E-state index in [0.717, 1.165) is 38.5 Å². The van der Waals surface area contributed by atoms with Crippen molar-refractivity contribution < 1.29 is 24.5 Å². The molecule has 0 radical (unpaired) electrons. The number of carbonyl (C=O) groups excluding carboxylic acids is 2. The number of unbranched alkanes of at least 4 members (excludes halogenated alkanes) is 37. The molecule has 0 aromatic carbocycles. The minimum absolute atomic E-state index is 0.0104. The molecule has 0 fully saturated rings. The van der Waals surface area contributed by atoms with Gasteiger partial charge in [-0.25, -0.2) is 0 Å². The van der Waals surface area contributed by atoms with E-state index in [2.05, 4.69) is 19.2 Å². The molecule has 0 saturated heterocycles. The lowest BCUT2D eigenvalue weighted by atomic mass is 10.0. The van der Waals surface area contributed by atoms with Crippen LogP contribution in [0.3, 0.4) is 0 Å². The van der Waals surface area contributed by atoms with Crippen molar-refractivity contribution in [3.8, 4) is 0 Å². The standard InChI is InChI=1S/C51H101NO5/c1-3-5-7-9-11-13-24-29-33-37-41-45-51(56)57-46-42-38-34-30-26-23-21-19-17-15-14-16-18-20-22-25-28-32-36-40-44-50(55)52-48(47-53)49(54)43-39-35-31-27-12-10-8-6-4-2/h48-49,53-54H,3-47H2,1-2H3,(H,52,55). The maximum absolute atomic E-state index is 12.4. The zero-order valence-corrected chi connectivity index (χ0v) is 38.6. The highest BCUT2D eigenvalue weighted by Crippen LogP contribution is 2.17. The Morgan fingerprint density at radius 1 is 0.421 bits per heavy atom. The van der Waals surface area contributed by atoms with Crippen molar-refractivity contribution in [3.63, 3.8) is 0 Å². The van der Waals surface area contributed by atoms with Crippen molar-refractivity contribution in [3.05, 3.63) is 0 Å². The second-order valence-electron chi connectivity index (χ2n) is 17.9. The predicted molar refractivity (Wildman–Crippen MR) is 246 cm³/mol. The van der Waals surface area contributed by atoms with E-state index < -0.39 is 12.1 Å². The Bertz CT molecular complexity index is 806. The van der Waals surface area contributed by atoms with E-state index >= 15 is 0 Å². The first kappa shape index (κ1) is 55.9. The Labute approximate surface area is 356 Å². The molecule has 2 unspecified atom stereocenters. The minimum atomic E-state index is -0.661. The Morgan fingerprint density at radius 3 is 1.07 bits per heavy atom. The quantitative estimate of drug-likeness (QED) is 0.0420. The highest BCUT2D eigenvalue weighted by atomic mass is 16.5. The zero-order valence-electron chi connectivity index (χ0n) is 38.6. The fourth-order valence-corrected chi connectivity index (χ4v) is 8.17. The zero-order chi connectivity index (χ0) is 41.5. The number of nitrogens with one attached hydrogen (secondary N) is 1. The Morgan fingerprint density at radius 2 is 0.719 bits per heavy atom. The molecular formula is C51H101NO5. The van der Waals surface area contributed by atoms with Crippen LogP contribution in [0, 0.1) is 0 Å². The lowest BCUT2D eigenvalue weighted by molar-refractivity contribution is -0.143. The van der Waals surface area contributed by atoms with Gasteiger partial charge in [-0.15, -0.1) is 0 Å². The number of amides is 1. The van der Waals surface area contributed by atoms with Crippen molar-refractivity contribution in [2.75, 3.05) is 13.2 Å². The van der Waals surface area contributed by atoms with Crippen LogP contribution in [0.15, 0.2) is 0 Å². The van der Waals surface area contributed by atoms with Gasteiger partial charge in [-0.05, 0) is 25.7 Å². The molecule has 0 aromatic heterocycles. The molecule has 0 rings (SSSR count). The average Bonchev–Trinajstić information content (AvgIpc) is 3.21. The van der Waals surface area contributed by atoms with Gasteiger partial charge in [-0.2, -0.15) is 0 Å². The number of esters is 1. The first-order valence-corrected chi connectivity index (χ1v) is 25.8. The first-order valence-electron chi connectivity index (χ1n) is 25.8. The van der Waals surface area contributed by atoms with Crippen molar-refractivity contribution in [1.82, 2.24) is 5.32 Å². The number of hydrogen-bond acceptors (Lipinski definition) is 5. The van der Waals surface area contributed by atoms with Crippen LogP contribution < -0.4 is 5.32 Å². The smallest absolute Gasteiger partial charge is 0.305 e. The van der Waals surface area contributed by atoms with E-state index in [1.54, 1.807) is 0 Å². The summed E-state index contributed by atoms with van der Waals surface area (Å²) in [5, 5.41) is 23.1. The van der Waals surface area contributed by atoms with Crippen LogP contribution in [0.4, 0.5) is 0 Å². The van der Waals surface area contributed by atoms with Crippen LogP contribution in [0.5, 0.6) is 0 Å². The summed E-state index contributed by atoms with van der Waals surface area (Å²) in [7, 11) is 0. The van der Waals surface area contributed by atoms with E-state index in [-0.39, 0.29) is 18.5 Å². The van der Waals surface area contributed by atoms with Gasteiger partial charge < -0.3 is 20.3 Å². The van der Waals surface area contributed by atoms with E-state index in [9.17, 15) is 19.8 Å².